The van der Waals surface area contributed by atoms with Crippen LogP contribution in [-0.2, 0) is 6.54 Å². The molecule has 3 saturated carbocycles. The van der Waals surface area contributed by atoms with Gasteiger partial charge in [0.1, 0.15) is 0 Å². The van der Waals surface area contributed by atoms with Crippen molar-refractivity contribution in [1.82, 2.24) is 5.32 Å². The Morgan fingerprint density at radius 3 is 2.82 bits per heavy atom. The van der Waals surface area contributed by atoms with E-state index in [1.54, 1.807) is 11.3 Å². The molecule has 3 aliphatic rings. The van der Waals surface area contributed by atoms with Crippen molar-refractivity contribution in [2.75, 3.05) is 0 Å². The zero-order valence-corrected chi connectivity index (χ0v) is 11.9. The zero-order valence-electron chi connectivity index (χ0n) is 11.1. The molecule has 17 heavy (non-hydrogen) atoms. The fourth-order valence-electron chi connectivity index (χ4n) is 4.06. The van der Waals surface area contributed by atoms with E-state index in [0.29, 0.717) is 5.41 Å². The first-order chi connectivity index (χ1) is 8.09. The summed E-state index contributed by atoms with van der Waals surface area (Å²) in [6.07, 6.45) is 2.86. The fraction of sp³-hybridized carbons (Fsp3) is 0.733. The summed E-state index contributed by atoms with van der Waals surface area (Å²) in [5.74, 6) is 2.75. The summed E-state index contributed by atoms with van der Waals surface area (Å²) in [6.45, 7) is 8.44. The van der Waals surface area contributed by atoms with Crippen LogP contribution < -0.4 is 5.32 Å². The highest BCUT2D eigenvalue weighted by molar-refractivity contribution is 7.07. The van der Waals surface area contributed by atoms with E-state index in [1.165, 1.54) is 18.4 Å². The molecule has 0 aromatic carbocycles. The minimum atomic E-state index is 0.611. The van der Waals surface area contributed by atoms with Gasteiger partial charge in [0.2, 0.25) is 0 Å². The average molecular weight is 249 g/mol. The first-order valence-corrected chi connectivity index (χ1v) is 7.78. The minimum Gasteiger partial charge on any atom is -0.310 e. The van der Waals surface area contributed by atoms with Gasteiger partial charge in [-0.2, -0.15) is 11.3 Å². The van der Waals surface area contributed by atoms with Crippen LogP contribution in [0, 0.1) is 23.2 Å². The molecule has 0 aliphatic heterocycles. The zero-order chi connectivity index (χ0) is 12.0. The van der Waals surface area contributed by atoms with Crippen LogP contribution in [0.15, 0.2) is 16.8 Å². The third-order valence-electron chi connectivity index (χ3n) is 5.50. The van der Waals surface area contributed by atoms with Crippen LogP contribution in [0.4, 0.5) is 0 Å². The lowest BCUT2D eigenvalue weighted by Gasteiger charge is -2.62. The average Bonchev–Trinajstić information content (AvgIpc) is 2.79. The van der Waals surface area contributed by atoms with Crippen LogP contribution in [-0.4, -0.2) is 6.04 Å². The summed E-state index contributed by atoms with van der Waals surface area (Å²) < 4.78 is 0. The van der Waals surface area contributed by atoms with Crippen LogP contribution in [0.2, 0.25) is 0 Å². The Labute approximate surface area is 109 Å². The molecule has 3 fully saturated rings. The van der Waals surface area contributed by atoms with E-state index in [4.69, 9.17) is 0 Å². The van der Waals surface area contributed by atoms with Crippen molar-refractivity contribution in [3.63, 3.8) is 0 Å². The summed E-state index contributed by atoms with van der Waals surface area (Å²) in [6, 6.07) is 2.97. The van der Waals surface area contributed by atoms with Gasteiger partial charge in [-0.15, -0.1) is 0 Å². The number of fused-ring (bicyclic) bond motifs is 2. The van der Waals surface area contributed by atoms with E-state index < -0.39 is 0 Å². The molecule has 0 amide bonds. The Bertz CT molecular complexity index is 382. The molecule has 0 spiro atoms. The largest absolute Gasteiger partial charge is 0.310 e. The van der Waals surface area contributed by atoms with Gasteiger partial charge >= 0.3 is 0 Å². The van der Waals surface area contributed by atoms with Crippen LogP contribution in [0.5, 0.6) is 0 Å². The molecule has 94 valence electrons. The first kappa shape index (κ1) is 11.7. The Kier molecular flexibility index (Phi) is 2.83. The lowest BCUT2D eigenvalue weighted by atomic mass is 9.45. The van der Waals surface area contributed by atoms with Crippen molar-refractivity contribution >= 4 is 11.3 Å². The molecular weight excluding hydrogens is 226 g/mol. The van der Waals surface area contributed by atoms with Crippen LogP contribution in [0.3, 0.4) is 0 Å². The highest BCUT2D eigenvalue weighted by Crippen LogP contribution is 2.61. The van der Waals surface area contributed by atoms with Crippen LogP contribution in [0.25, 0.3) is 0 Å². The van der Waals surface area contributed by atoms with Crippen LogP contribution in [0.1, 0.15) is 39.2 Å². The van der Waals surface area contributed by atoms with E-state index in [0.717, 1.165) is 30.3 Å². The summed E-state index contributed by atoms with van der Waals surface area (Å²) in [5.41, 5.74) is 2.06. The monoisotopic (exact) mass is 249 g/mol. The van der Waals surface area contributed by atoms with Crippen molar-refractivity contribution in [3.8, 4) is 0 Å². The maximum absolute atomic E-state index is 3.78. The molecule has 0 radical (unpaired) electrons. The quantitative estimate of drug-likeness (QED) is 0.856. The number of nitrogens with one attached hydrogen (secondary N) is 1. The topological polar surface area (TPSA) is 12.0 Å². The molecule has 1 N–H and O–H groups in total. The molecule has 1 heterocycles. The lowest BCUT2D eigenvalue weighted by Crippen LogP contribution is -2.59. The van der Waals surface area contributed by atoms with E-state index in [9.17, 15) is 0 Å². The molecule has 3 aliphatic carbocycles. The summed E-state index contributed by atoms with van der Waals surface area (Å²) >= 11 is 1.80. The second-order valence-electron chi connectivity index (χ2n) is 6.57. The second-order valence-corrected chi connectivity index (χ2v) is 7.35. The van der Waals surface area contributed by atoms with Crippen molar-refractivity contribution in [2.24, 2.45) is 23.2 Å². The van der Waals surface area contributed by atoms with Gasteiger partial charge in [0.15, 0.2) is 0 Å². The third kappa shape index (κ3) is 1.86. The fourth-order valence-corrected chi connectivity index (χ4v) is 4.73. The highest BCUT2D eigenvalue weighted by Gasteiger charge is 2.55. The van der Waals surface area contributed by atoms with Crippen molar-refractivity contribution in [2.45, 2.75) is 46.2 Å². The number of thiophene rings is 1. The highest BCUT2D eigenvalue weighted by atomic mass is 32.1. The molecular formula is C15H23NS. The molecule has 2 heteroatoms. The lowest BCUT2D eigenvalue weighted by molar-refractivity contribution is -0.115. The van der Waals surface area contributed by atoms with E-state index >= 15 is 0 Å². The van der Waals surface area contributed by atoms with Gasteiger partial charge in [0.05, 0.1) is 0 Å². The van der Waals surface area contributed by atoms with Crippen LogP contribution >= 0.6 is 11.3 Å². The number of hydrogen-bond donors (Lipinski definition) is 1. The molecule has 4 unspecified atom stereocenters. The second kappa shape index (κ2) is 4.10. The number of rotatable bonds is 3. The smallest absolute Gasteiger partial charge is 0.0216 e. The minimum absolute atomic E-state index is 0.611. The molecule has 1 aromatic rings. The number of hydrogen-bond acceptors (Lipinski definition) is 2. The van der Waals surface area contributed by atoms with Gasteiger partial charge in [0.25, 0.3) is 0 Å². The summed E-state index contributed by atoms with van der Waals surface area (Å²) in [4.78, 5) is 0. The SMILES string of the molecule is CC1C(NCc2ccsc2)CC2CC1C2(C)C. The van der Waals surface area contributed by atoms with Gasteiger partial charge in [-0.25, -0.2) is 0 Å². The Morgan fingerprint density at radius 2 is 2.24 bits per heavy atom. The van der Waals surface area contributed by atoms with E-state index in [2.05, 4.69) is 42.9 Å². The standard InChI is InChI=1S/C15H23NS/c1-10-13-6-12(15(13,2)3)7-14(10)16-8-11-4-5-17-9-11/h4-5,9-10,12-14,16H,6-8H2,1-3H3. The Balaban J connectivity index is 1.60. The van der Waals surface area contributed by atoms with Crippen molar-refractivity contribution in [3.05, 3.63) is 22.4 Å². The molecule has 4 rings (SSSR count). The Hall–Kier alpha value is -0.340. The van der Waals surface area contributed by atoms with E-state index in [-0.39, 0.29) is 0 Å². The normalized spacial score (nSPS) is 38.8. The maximum Gasteiger partial charge on any atom is 0.0216 e. The van der Waals surface area contributed by atoms with Crippen molar-refractivity contribution in [1.29, 1.82) is 0 Å². The Morgan fingerprint density at radius 1 is 1.41 bits per heavy atom. The van der Waals surface area contributed by atoms with Gasteiger partial charge in [-0.3, -0.25) is 0 Å². The molecule has 1 aromatic heterocycles. The maximum atomic E-state index is 3.78. The molecule has 2 bridgehead atoms. The van der Waals surface area contributed by atoms with Gasteiger partial charge in [-0.05, 0) is 58.4 Å². The molecule has 1 nitrogen and oxygen atoms in total. The van der Waals surface area contributed by atoms with Gasteiger partial charge in [-0.1, -0.05) is 20.8 Å². The van der Waals surface area contributed by atoms with Gasteiger partial charge in [0, 0.05) is 12.6 Å². The van der Waals surface area contributed by atoms with Gasteiger partial charge < -0.3 is 5.32 Å². The summed E-state index contributed by atoms with van der Waals surface area (Å²) in [7, 11) is 0. The predicted octanol–water partition coefficient (Wildman–Crippen LogP) is 3.91. The van der Waals surface area contributed by atoms with Crippen molar-refractivity contribution < 1.29 is 0 Å². The first-order valence-electron chi connectivity index (χ1n) is 6.83. The molecule has 4 atom stereocenters. The predicted molar refractivity (Wildman–Crippen MR) is 74.1 cm³/mol. The summed E-state index contributed by atoms with van der Waals surface area (Å²) in [5, 5.41) is 8.20. The van der Waals surface area contributed by atoms with E-state index in [1.807, 2.05) is 0 Å². The third-order valence-corrected chi connectivity index (χ3v) is 6.23. The molecule has 0 saturated heterocycles.